The van der Waals surface area contributed by atoms with Crippen molar-refractivity contribution in [1.82, 2.24) is 5.32 Å². The first-order chi connectivity index (χ1) is 7.84. The lowest BCUT2D eigenvalue weighted by molar-refractivity contribution is 0.386. The van der Waals surface area contributed by atoms with Gasteiger partial charge in [0.15, 0.2) is 9.84 Å². The van der Waals surface area contributed by atoms with E-state index in [4.69, 9.17) is 0 Å². The maximum atomic E-state index is 11.8. The number of aromatic hydroxyl groups is 1. The number of nitrogens with one attached hydrogen (secondary N) is 1. The molecule has 17 heavy (non-hydrogen) atoms. The van der Waals surface area contributed by atoms with Crippen LogP contribution in [0, 0.1) is 0 Å². The zero-order chi connectivity index (χ0) is 12.7. The van der Waals surface area contributed by atoms with E-state index in [-0.39, 0.29) is 10.6 Å². The van der Waals surface area contributed by atoms with Gasteiger partial charge in [0.2, 0.25) is 0 Å². The smallest absolute Gasteiger partial charge is 0.176 e. The normalized spacial score (nSPS) is 25.1. The summed E-state index contributed by atoms with van der Waals surface area (Å²) in [5.41, 5.74) is 0.0454. The number of sulfone groups is 1. The van der Waals surface area contributed by atoms with Crippen LogP contribution in [0.15, 0.2) is 23.1 Å². The number of benzene rings is 1. The van der Waals surface area contributed by atoms with Crippen LogP contribution < -0.4 is 5.32 Å². The van der Waals surface area contributed by atoms with Crippen molar-refractivity contribution in [3.05, 3.63) is 23.8 Å². The molecular formula is C12H17NO3S. The average molecular weight is 255 g/mol. The van der Waals surface area contributed by atoms with Crippen molar-refractivity contribution >= 4 is 9.84 Å². The number of phenolic OH excluding ortho intramolecular Hbond substituents is 1. The second kappa shape index (κ2) is 3.99. The van der Waals surface area contributed by atoms with Gasteiger partial charge >= 0.3 is 0 Å². The Morgan fingerprint density at radius 2 is 2.12 bits per heavy atom. The Morgan fingerprint density at radius 1 is 1.41 bits per heavy atom. The summed E-state index contributed by atoms with van der Waals surface area (Å²) in [6.45, 7) is 2.78. The Labute approximate surface area is 102 Å². The van der Waals surface area contributed by atoms with E-state index in [1.165, 1.54) is 12.3 Å². The van der Waals surface area contributed by atoms with Crippen LogP contribution in [0.5, 0.6) is 5.75 Å². The van der Waals surface area contributed by atoms with Crippen LogP contribution >= 0.6 is 0 Å². The monoisotopic (exact) mass is 255 g/mol. The van der Waals surface area contributed by atoms with Gasteiger partial charge in [-0.1, -0.05) is 6.07 Å². The van der Waals surface area contributed by atoms with Crippen molar-refractivity contribution in [3.63, 3.8) is 0 Å². The third-order valence-corrected chi connectivity index (χ3v) is 4.46. The topological polar surface area (TPSA) is 66.4 Å². The summed E-state index contributed by atoms with van der Waals surface area (Å²) in [7, 11) is -3.33. The molecule has 1 aliphatic rings. The molecular weight excluding hydrogens is 238 g/mol. The van der Waals surface area contributed by atoms with Crippen LogP contribution in [0.3, 0.4) is 0 Å². The lowest BCUT2D eigenvalue weighted by Gasteiger charge is -2.27. The van der Waals surface area contributed by atoms with Gasteiger partial charge in [-0.15, -0.1) is 0 Å². The molecule has 0 amide bonds. The highest BCUT2D eigenvalue weighted by Crippen LogP contribution is 2.39. The van der Waals surface area contributed by atoms with Gasteiger partial charge in [-0.2, -0.15) is 0 Å². The summed E-state index contributed by atoms with van der Waals surface area (Å²) in [6.07, 6.45) is 2.98. The molecule has 0 saturated carbocycles. The molecule has 0 aromatic heterocycles. The van der Waals surface area contributed by atoms with Gasteiger partial charge in [-0.3, -0.25) is 0 Å². The molecule has 1 atom stereocenters. The van der Waals surface area contributed by atoms with Gasteiger partial charge < -0.3 is 10.4 Å². The second-order valence-corrected chi connectivity index (χ2v) is 6.77. The molecule has 1 heterocycles. The maximum absolute atomic E-state index is 11.8. The average Bonchev–Trinajstić information content (AvgIpc) is 2.64. The van der Waals surface area contributed by atoms with Crippen LogP contribution in [-0.4, -0.2) is 26.3 Å². The fourth-order valence-corrected chi connectivity index (χ4v) is 3.52. The predicted molar refractivity (Wildman–Crippen MR) is 65.8 cm³/mol. The molecule has 1 aromatic rings. The minimum Gasteiger partial charge on any atom is -0.508 e. The molecule has 1 fully saturated rings. The van der Waals surface area contributed by atoms with Crippen LogP contribution in [0.4, 0.5) is 0 Å². The number of phenols is 1. The summed E-state index contributed by atoms with van der Waals surface area (Å²) in [5.74, 6) is 0.0461. The molecule has 2 rings (SSSR count). The molecule has 0 spiro atoms. The Bertz CT molecular complexity index is 531. The first kappa shape index (κ1) is 12.4. The zero-order valence-corrected chi connectivity index (χ0v) is 10.8. The van der Waals surface area contributed by atoms with Crippen molar-refractivity contribution in [2.45, 2.75) is 30.2 Å². The fourth-order valence-electron chi connectivity index (χ4n) is 2.49. The zero-order valence-electron chi connectivity index (χ0n) is 10.0. The third-order valence-electron chi connectivity index (χ3n) is 3.32. The summed E-state index contributed by atoms with van der Waals surface area (Å²) < 4.78 is 23.5. The highest BCUT2D eigenvalue weighted by Gasteiger charge is 2.36. The van der Waals surface area contributed by atoms with E-state index in [0.717, 1.165) is 19.4 Å². The Hall–Kier alpha value is -1.07. The molecule has 1 aromatic carbocycles. The molecule has 0 bridgehead atoms. The van der Waals surface area contributed by atoms with Crippen LogP contribution in [-0.2, 0) is 15.4 Å². The lowest BCUT2D eigenvalue weighted by atomic mass is 9.90. The maximum Gasteiger partial charge on any atom is 0.176 e. The molecule has 2 N–H and O–H groups in total. The van der Waals surface area contributed by atoms with Crippen molar-refractivity contribution < 1.29 is 13.5 Å². The van der Waals surface area contributed by atoms with Crippen molar-refractivity contribution in [2.75, 3.05) is 12.8 Å². The highest BCUT2D eigenvalue weighted by atomic mass is 32.2. The van der Waals surface area contributed by atoms with Crippen LogP contribution in [0.2, 0.25) is 0 Å². The standard InChI is InChI=1S/C12H17NO3S/c1-12(7-4-8-13-12)11-9(14)5-3-6-10(11)17(2,15)16/h3,5-6,13-14H,4,7-8H2,1-2H3. The van der Waals surface area contributed by atoms with Gasteiger partial charge in [-0.05, 0) is 38.4 Å². The molecule has 0 radical (unpaired) electrons. The van der Waals surface area contributed by atoms with E-state index < -0.39 is 15.4 Å². The summed E-state index contributed by atoms with van der Waals surface area (Å²) in [5, 5.41) is 13.3. The molecule has 94 valence electrons. The quantitative estimate of drug-likeness (QED) is 0.838. The highest BCUT2D eigenvalue weighted by molar-refractivity contribution is 7.90. The van der Waals surface area contributed by atoms with Gasteiger partial charge in [0.05, 0.1) is 4.90 Å². The van der Waals surface area contributed by atoms with Gasteiger partial charge in [-0.25, -0.2) is 8.42 Å². The molecule has 0 aliphatic carbocycles. The minimum absolute atomic E-state index is 0.0461. The van der Waals surface area contributed by atoms with Gasteiger partial charge in [0.1, 0.15) is 5.75 Å². The van der Waals surface area contributed by atoms with E-state index in [0.29, 0.717) is 5.56 Å². The lowest BCUT2D eigenvalue weighted by Crippen LogP contribution is -2.34. The summed E-state index contributed by atoms with van der Waals surface area (Å²) in [4.78, 5) is 0.217. The molecule has 5 heteroatoms. The van der Waals surface area contributed by atoms with E-state index >= 15 is 0 Å². The van der Waals surface area contributed by atoms with Crippen molar-refractivity contribution in [3.8, 4) is 5.75 Å². The first-order valence-corrected chi connectivity index (χ1v) is 7.51. The Balaban J connectivity index is 2.67. The molecule has 1 aliphatic heterocycles. The molecule has 4 nitrogen and oxygen atoms in total. The van der Waals surface area contributed by atoms with E-state index in [1.54, 1.807) is 12.1 Å². The fraction of sp³-hybridized carbons (Fsp3) is 0.500. The Morgan fingerprint density at radius 3 is 2.65 bits per heavy atom. The molecule has 1 saturated heterocycles. The minimum atomic E-state index is -3.33. The third kappa shape index (κ3) is 2.17. The van der Waals surface area contributed by atoms with E-state index in [2.05, 4.69) is 5.32 Å². The second-order valence-electron chi connectivity index (χ2n) is 4.78. The van der Waals surface area contributed by atoms with Gasteiger partial charge in [0.25, 0.3) is 0 Å². The van der Waals surface area contributed by atoms with Crippen molar-refractivity contribution in [2.24, 2.45) is 0 Å². The molecule has 1 unspecified atom stereocenters. The number of hydrogen-bond donors (Lipinski definition) is 2. The Kier molecular flexibility index (Phi) is 2.91. The number of rotatable bonds is 2. The summed E-state index contributed by atoms with van der Waals surface area (Å²) >= 11 is 0. The predicted octanol–water partition coefficient (Wildman–Crippen LogP) is 1.39. The van der Waals surface area contributed by atoms with Crippen LogP contribution in [0.25, 0.3) is 0 Å². The SMILES string of the molecule is CC1(c2c(O)cccc2S(C)(=O)=O)CCCN1. The van der Waals surface area contributed by atoms with E-state index in [9.17, 15) is 13.5 Å². The van der Waals surface area contributed by atoms with E-state index in [1.807, 2.05) is 6.92 Å². The van der Waals surface area contributed by atoms with Crippen LogP contribution in [0.1, 0.15) is 25.3 Å². The number of hydrogen-bond acceptors (Lipinski definition) is 4. The van der Waals surface area contributed by atoms with Crippen molar-refractivity contribution in [1.29, 1.82) is 0 Å². The summed E-state index contributed by atoms with van der Waals surface area (Å²) in [6, 6.07) is 4.65. The van der Waals surface area contributed by atoms with Gasteiger partial charge in [0, 0.05) is 17.4 Å². The first-order valence-electron chi connectivity index (χ1n) is 5.62. The largest absolute Gasteiger partial charge is 0.508 e.